The molecule has 36 heavy (non-hydrogen) atoms. The zero-order valence-corrected chi connectivity index (χ0v) is 21.3. The fourth-order valence-electron chi connectivity index (χ4n) is 3.85. The van der Waals surface area contributed by atoms with Crippen LogP contribution in [0.25, 0.3) is 0 Å². The van der Waals surface area contributed by atoms with E-state index in [1.54, 1.807) is 26.0 Å². The topological polar surface area (TPSA) is 35.5 Å². The first kappa shape index (κ1) is 25.5. The lowest BCUT2D eigenvalue weighted by molar-refractivity contribution is -0.157. The predicted molar refractivity (Wildman–Crippen MR) is 142 cm³/mol. The van der Waals surface area contributed by atoms with Crippen LogP contribution in [0.5, 0.6) is 5.75 Å². The van der Waals surface area contributed by atoms with Crippen LogP contribution in [0, 0.1) is 5.82 Å². The van der Waals surface area contributed by atoms with E-state index in [1.165, 1.54) is 26.8 Å². The summed E-state index contributed by atoms with van der Waals surface area (Å²) < 4.78 is 24.7. The van der Waals surface area contributed by atoms with Gasteiger partial charge in [-0.3, -0.25) is 4.79 Å². The molecule has 0 aromatic heterocycles. The summed E-state index contributed by atoms with van der Waals surface area (Å²) in [4.78, 5) is 16.1. The molecule has 4 aromatic carbocycles. The molecule has 4 rings (SSSR count). The number of hydrogen-bond donors (Lipinski definition) is 0. The fraction of sp³-hybridized carbons (Fsp3) is 0.194. The lowest BCUT2D eigenvalue weighted by Crippen LogP contribution is -2.25. The van der Waals surface area contributed by atoms with E-state index in [1.807, 2.05) is 24.3 Å². The highest BCUT2D eigenvalue weighted by molar-refractivity contribution is 7.97. The maximum absolute atomic E-state index is 13.2. The molecule has 0 fully saturated rings. The van der Waals surface area contributed by atoms with Gasteiger partial charge in [0.05, 0.1) is 17.5 Å². The highest BCUT2D eigenvalue weighted by Crippen LogP contribution is 2.32. The maximum Gasteiger partial charge on any atom is 0.306 e. The maximum atomic E-state index is 13.2. The van der Waals surface area contributed by atoms with Crippen LogP contribution in [0.3, 0.4) is 0 Å². The number of benzene rings is 4. The van der Waals surface area contributed by atoms with Gasteiger partial charge in [0.2, 0.25) is 0 Å². The summed E-state index contributed by atoms with van der Waals surface area (Å²) in [6.45, 7) is 4.01. The van der Waals surface area contributed by atoms with E-state index in [-0.39, 0.29) is 29.1 Å². The zero-order chi connectivity index (χ0) is 25.4. The molecule has 0 spiro atoms. The van der Waals surface area contributed by atoms with Crippen molar-refractivity contribution in [3.05, 3.63) is 121 Å². The van der Waals surface area contributed by atoms with Crippen LogP contribution in [-0.2, 0) is 26.0 Å². The Kier molecular flexibility index (Phi) is 8.44. The van der Waals surface area contributed by atoms with Crippen molar-refractivity contribution in [1.29, 1.82) is 0 Å². The van der Waals surface area contributed by atoms with Gasteiger partial charge in [-0.1, -0.05) is 48.5 Å². The van der Waals surface area contributed by atoms with Crippen molar-refractivity contribution >= 4 is 16.9 Å². The van der Waals surface area contributed by atoms with Crippen molar-refractivity contribution in [2.75, 3.05) is 6.61 Å². The predicted octanol–water partition coefficient (Wildman–Crippen LogP) is 7.56. The SMILES string of the molecule is CC(C)(OC(=O)CCCOc1ccc([S+](c2ccccc2)c2ccccc2)cc1)c1ccc(F)cc1. The third kappa shape index (κ3) is 6.76. The van der Waals surface area contributed by atoms with Gasteiger partial charge in [0, 0.05) is 6.42 Å². The Morgan fingerprint density at radius 1 is 0.750 bits per heavy atom. The van der Waals surface area contributed by atoms with E-state index in [2.05, 4.69) is 60.7 Å². The van der Waals surface area contributed by atoms with Gasteiger partial charge in [0.1, 0.15) is 17.2 Å². The lowest BCUT2D eigenvalue weighted by atomic mass is 9.98. The summed E-state index contributed by atoms with van der Waals surface area (Å²) in [6, 6.07) is 35.2. The Hall–Kier alpha value is -3.57. The van der Waals surface area contributed by atoms with E-state index in [0.29, 0.717) is 13.0 Å². The van der Waals surface area contributed by atoms with Crippen LogP contribution >= 0.6 is 0 Å². The molecule has 0 atom stereocenters. The number of carbonyl (C=O) groups excluding carboxylic acids is 1. The van der Waals surface area contributed by atoms with Crippen molar-refractivity contribution in [3.63, 3.8) is 0 Å². The van der Waals surface area contributed by atoms with Crippen molar-refractivity contribution < 1.29 is 18.7 Å². The summed E-state index contributed by atoms with van der Waals surface area (Å²) in [5.74, 6) is 0.142. The molecule has 0 aliphatic carbocycles. The van der Waals surface area contributed by atoms with Crippen molar-refractivity contribution in [1.82, 2.24) is 0 Å². The van der Waals surface area contributed by atoms with Gasteiger partial charge < -0.3 is 9.47 Å². The first-order valence-corrected chi connectivity index (χ1v) is 13.2. The number of esters is 1. The molecule has 3 nitrogen and oxygen atoms in total. The Morgan fingerprint density at radius 2 is 1.28 bits per heavy atom. The van der Waals surface area contributed by atoms with E-state index in [9.17, 15) is 9.18 Å². The van der Waals surface area contributed by atoms with Crippen molar-refractivity contribution in [3.8, 4) is 5.75 Å². The van der Waals surface area contributed by atoms with Gasteiger partial charge in [-0.15, -0.1) is 0 Å². The quantitative estimate of drug-likeness (QED) is 0.128. The van der Waals surface area contributed by atoms with Gasteiger partial charge in [0.25, 0.3) is 0 Å². The third-order valence-electron chi connectivity index (χ3n) is 5.72. The number of halogens is 1. The first-order chi connectivity index (χ1) is 17.4. The minimum absolute atomic E-state index is 0.201. The first-order valence-electron chi connectivity index (χ1n) is 12.0. The largest absolute Gasteiger partial charge is 0.494 e. The second kappa shape index (κ2) is 11.9. The minimum atomic E-state index is -0.823. The molecule has 0 unspecified atom stereocenters. The molecule has 0 amide bonds. The Labute approximate surface area is 215 Å². The highest BCUT2D eigenvalue weighted by Gasteiger charge is 2.28. The minimum Gasteiger partial charge on any atom is -0.494 e. The fourth-order valence-corrected chi connectivity index (χ4v) is 5.93. The molecular weight excluding hydrogens is 471 g/mol. The van der Waals surface area contributed by atoms with Crippen molar-refractivity contribution in [2.45, 2.75) is 47.0 Å². The molecule has 0 aliphatic heterocycles. The summed E-state index contributed by atoms with van der Waals surface area (Å²) in [7, 11) is -0.201. The normalized spacial score (nSPS) is 11.3. The van der Waals surface area contributed by atoms with Gasteiger partial charge >= 0.3 is 5.97 Å². The Balaban J connectivity index is 1.31. The lowest BCUT2D eigenvalue weighted by Gasteiger charge is -2.25. The Morgan fingerprint density at radius 3 is 1.83 bits per heavy atom. The monoisotopic (exact) mass is 501 g/mol. The van der Waals surface area contributed by atoms with Crippen LogP contribution in [0.4, 0.5) is 4.39 Å². The van der Waals surface area contributed by atoms with Gasteiger partial charge in [-0.05, 0) is 86.5 Å². The van der Waals surface area contributed by atoms with Crippen molar-refractivity contribution in [2.24, 2.45) is 0 Å². The van der Waals surface area contributed by atoms with Gasteiger partial charge in [-0.2, -0.15) is 0 Å². The van der Waals surface area contributed by atoms with Crippen LogP contribution in [-0.4, -0.2) is 12.6 Å². The van der Waals surface area contributed by atoms with Crippen LogP contribution in [0.15, 0.2) is 124 Å². The molecule has 0 N–H and O–H groups in total. The molecule has 0 saturated carbocycles. The average Bonchev–Trinajstić information content (AvgIpc) is 2.89. The standard InChI is InChI=1S/C31H30FO3S/c1-31(2,24-15-17-25(32)18-16-24)35-30(33)14-9-23-34-26-19-21-29(22-20-26)36(27-10-5-3-6-11-27)28-12-7-4-8-13-28/h3-8,10-13,15-22H,9,14,23H2,1-2H3/q+1. The second-order valence-corrected chi connectivity index (χ2v) is 10.9. The smallest absolute Gasteiger partial charge is 0.306 e. The van der Waals surface area contributed by atoms with E-state index in [4.69, 9.17) is 9.47 Å². The van der Waals surface area contributed by atoms with Gasteiger partial charge in [0.15, 0.2) is 14.7 Å². The molecule has 184 valence electrons. The molecule has 0 radical (unpaired) electrons. The number of rotatable bonds is 10. The molecule has 0 aliphatic rings. The molecule has 4 aromatic rings. The molecule has 0 heterocycles. The molecule has 5 heteroatoms. The summed E-state index contributed by atoms with van der Waals surface area (Å²) in [5, 5.41) is 0. The van der Waals surface area contributed by atoms with E-state index in [0.717, 1.165) is 11.3 Å². The number of hydrogen-bond acceptors (Lipinski definition) is 3. The Bertz CT molecular complexity index is 1200. The number of ether oxygens (including phenoxy) is 2. The van der Waals surface area contributed by atoms with Crippen LogP contribution in [0.2, 0.25) is 0 Å². The average molecular weight is 502 g/mol. The summed E-state index contributed by atoms with van der Waals surface area (Å²) >= 11 is 0. The molecular formula is C31H30FO3S+. The highest BCUT2D eigenvalue weighted by atomic mass is 32.2. The van der Waals surface area contributed by atoms with E-state index >= 15 is 0 Å². The zero-order valence-electron chi connectivity index (χ0n) is 20.5. The summed E-state index contributed by atoms with van der Waals surface area (Å²) in [6.07, 6.45) is 0.784. The number of carbonyl (C=O) groups is 1. The summed E-state index contributed by atoms with van der Waals surface area (Å²) in [5.41, 5.74) is -0.0744. The third-order valence-corrected chi connectivity index (χ3v) is 7.95. The second-order valence-electron chi connectivity index (χ2n) is 8.85. The van der Waals surface area contributed by atoms with Gasteiger partial charge in [-0.25, -0.2) is 4.39 Å². The van der Waals surface area contributed by atoms with Crippen LogP contribution < -0.4 is 4.74 Å². The molecule has 0 bridgehead atoms. The van der Waals surface area contributed by atoms with E-state index < -0.39 is 5.60 Å². The molecule has 0 saturated heterocycles. The van der Waals surface area contributed by atoms with Crippen LogP contribution in [0.1, 0.15) is 32.3 Å².